The highest BCUT2D eigenvalue weighted by Gasteiger charge is 2.35. The average molecular weight is 320 g/mol. The van der Waals surface area contributed by atoms with E-state index in [1.54, 1.807) is 0 Å². The molecule has 2 aliphatic rings. The normalized spacial score (nSPS) is 19.9. The van der Waals surface area contributed by atoms with Gasteiger partial charge >= 0.3 is 6.18 Å². The highest BCUT2D eigenvalue weighted by Crippen LogP contribution is 2.39. The lowest BCUT2D eigenvalue weighted by molar-refractivity contribution is -0.141. The van der Waals surface area contributed by atoms with Crippen LogP contribution in [0.25, 0.3) is 11.3 Å². The van der Waals surface area contributed by atoms with Gasteiger partial charge in [-0.25, -0.2) is 4.98 Å². The maximum Gasteiger partial charge on any atom is 0.433 e. The molecule has 4 nitrogen and oxygen atoms in total. The minimum Gasteiger partial charge on any atom is -0.366 e. The van der Waals surface area contributed by atoms with E-state index in [0.29, 0.717) is 17.3 Å². The van der Waals surface area contributed by atoms with Gasteiger partial charge in [0.2, 0.25) is 0 Å². The SMILES string of the molecule is CN1c2nc(-c3ccc(C(F)(F)F)nc3)ccc2N2CCC1C2. The summed E-state index contributed by atoms with van der Waals surface area (Å²) in [7, 11) is 2.02. The van der Waals surface area contributed by atoms with Crippen LogP contribution in [0, 0.1) is 0 Å². The van der Waals surface area contributed by atoms with Crippen LogP contribution in [-0.2, 0) is 6.18 Å². The monoisotopic (exact) mass is 320 g/mol. The fraction of sp³-hybridized carbons (Fsp3) is 0.375. The summed E-state index contributed by atoms with van der Waals surface area (Å²) in [5, 5.41) is 0. The number of rotatable bonds is 1. The topological polar surface area (TPSA) is 32.3 Å². The van der Waals surface area contributed by atoms with Gasteiger partial charge in [-0.1, -0.05) is 0 Å². The quantitative estimate of drug-likeness (QED) is 0.808. The third kappa shape index (κ3) is 2.31. The van der Waals surface area contributed by atoms with Crippen molar-refractivity contribution in [2.45, 2.75) is 18.6 Å². The van der Waals surface area contributed by atoms with Gasteiger partial charge < -0.3 is 9.80 Å². The lowest BCUT2D eigenvalue weighted by atomic mass is 10.1. The molecular formula is C16H15F3N4. The number of halogens is 3. The number of pyridine rings is 2. The molecule has 1 fully saturated rings. The highest BCUT2D eigenvalue weighted by molar-refractivity contribution is 5.75. The molecule has 2 aliphatic heterocycles. The predicted octanol–water partition coefficient (Wildman–Crippen LogP) is 3.19. The van der Waals surface area contributed by atoms with Crippen LogP contribution in [0.4, 0.5) is 24.7 Å². The minimum atomic E-state index is -4.42. The Morgan fingerprint density at radius 1 is 1.17 bits per heavy atom. The van der Waals surface area contributed by atoms with Crippen molar-refractivity contribution in [3.8, 4) is 11.3 Å². The number of alkyl halides is 3. The summed E-state index contributed by atoms with van der Waals surface area (Å²) in [5.74, 6) is 0.885. The molecule has 2 aromatic heterocycles. The van der Waals surface area contributed by atoms with E-state index in [2.05, 4.69) is 19.8 Å². The highest BCUT2D eigenvalue weighted by atomic mass is 19.4. The Kier molecular flexibility index (Phi) is 3.01. The van der Waals surface area contributed by atoms with Gasteiger partial charge in [0.05, 0.1) is 11.4 Å². The van der Waals surface area contributed by atoms with Crippen molar-refractivity contribution in [2.75, 3.05) is 29.9 Å². The van der Waals surface area contributed by atoms with Crippen LogP contribution in [0.3, 0.4) is 0 Å². The number of likely N-dealkylation sites (N-methyl/N-ethyl adjacent to an activating group) is 1. The van der Waals surface area contributed by atoms with Crippen LogP contribution >= 0.6 is 0 Å². The summed E-state index contributed by atoms with van der Waals surface area (Å²) >= 11 is 0. The molecule has 2 bridgehead atoms. The first-order valence-corrected chi connectivity index (χ1v) is 7.46. The second-order valence-corrected chi connectivity index (χ2v) is 5.97. The van der Waals surface area contributed by atoms with Crippen LogP contribution < -0.4 is 9.80 Å². The first-order chi connectivity index (χ1) is 10.9. The van der Waals surface area contributed by atoms with Crippen molar-refractivity contribution >= 4 is 11.5 Å². The largest absolute Gasteiger partial charge is 0.433 e. The Labute approximate surface area is 131 Å². The van der Waals surface area contributed by atoms with Gasteiger partial charge in [-0.15, -0.1) is 0 Å². The van der Waals surface area contributed by atoms with E-state index in [0.717, 1.165) is 37.1 Å². The molecule has 0 aliphatic carbocycles. The van der Waals surface area contributed by atoms with Gasteiger partial charge in [0.25, 0.3) is 0 Å². The Hall–Kier alpha value is -2.31. The van der Waals surface area contributed by atoms with Gasteiger partial charge in [-0.2, -0.15) is 13.2 Å². The number of anilines is 2. The molecule has 120 valence electrons. The molecular weight excluding hydrogens is 305 g/mol. The lowest BCUT2D eigenvalue weighted by Crippen LogP contribution is -2.40. The molecule has 0 radical (unpaired) electrons. The minimum absolute atomic E-state index is 0.455. The number of fused-ring (bicyclic) bond motifs is 4. The van der Waals surface area contributed by atoms with Crippen LogP contribution in [-0.4, -0.2) is 36.1 Å². The maximum absolute atomic E-state index is 12.6. The number of hydrogen-bond acceptors (Lipinski definition) is 4. The summed E-state index contributed by atoms with van der Waals surface area (Å²) in [6, 6.07) is 6.70. The summed E-state index contributed by atoms with van der Waals surface area (Å²) < 4.78 is 37.8. The first-order valence-electron chi connectivity index (χ1n) is 7.46. The number of aromatic nitrogens is 2. The van der Waals surface area contributed by atoms with Crippen LogP contribution in [0.15, 0.2) is 30.5 Å². The number of hydrogen-bond donors (Lipinski definition) is 0. The van der Waals surface area contributed by atoms with Crippen molar-refractivity contribution in [3.63, 3.8) is 0 Å². The molecule has 4 heterocycles. The zero-order valence-electron chi connectivity index (χ0n) is 12.5. The smallest absolute Gasteiger partial charge is 0.366 e. The molecule has 2 aromatic rings. The maximum atomic E-state index is 12.6. The Morgan fingerprint density at radius 2 is 2.00 bits per heavy atom. The van der Waals surface area contributed by atoms with Crippen LogP contribution in [0.1, 0.15) is 12.1 Å². The fourth-order valence-electron chi connectivity index (χ4n) is 3.27. The predicted molar refractivity (Wildman–Crippen MR) is 81.5 cm³/mol. The number of nitrogens with zero attached hydrogens (tertiary/aromatic N) is 4. The molecule has 0 saturated carbocycles. The second-order valence-electron chi connectivity index (χ2n) is 5.97. The fourth-order valence-corrected chi connectivity index (χ4v) is 3.27. The molecule has 4 rings (SSSR count). The lowest BCUT2D eigenvalue weighted by Gasteiger charge is -2.34. The summed E-state index contributed by atoms with van der Waals surface area (Å²) in [6.45, 7) is 2.03. The molecule has 1 atom stereocenters. The van der Waals surface area contributed by atoms with Crippen LogP contribution in [0.2, 0.25) is 0 Å². The molecule has 1 unspecified atom stereocenters. The van der Waals surface area contributed by atoms with Crippen molar-refractivity contribution in [1.82, 2.24) is 9.97 Å². The summed E-state index contributed by atoms with van der Waals surface area (Å²) in [5.41, 5.74) is 1.42. The van der Waals surface area contributed by atoms with Gasteiger partial charge in [-0.3, -0.25) is 4.98 Å². The third-order valence-electron chi connectivity index (χ3n) is 4.59. The Morgan fingerprint density at radius 3 is 2.70 bits per heavy atom. The Balaban J connectivity index is 1.71. The van der Waals surface area contributed by atoms with E-state index in [4.69, 9.17) is 0 Å². The van der Waals surface area contributed by atoms with E-state index in [1.807, 2.05) is 19.2 Å². The zero-order chi connectivity index (χ0) is 16.2. The summed E-state index contributed by atoms with van der Waals surface area (Å²) in [4.78, 5) is 12.6. The van der Waals surface area contributed by atoms with Gasteiger partial charge in [0, 0.05) is 37.9 Å². The van der Waals surface area contributed by atoms with Crippen LogP contribution in [0.5, 0.6) is 0 Å². The van der Waals surface area contributed by atoms with Crippen molar-refractivity contribution in [2.24, 2.45) is 0 Å². The molecule has 23 heavy (non-hydrogen) atoms. The van der Waals surface area contributed by atoms with E-state index in [-0.39, 0.29) is 0 Å². The summed E-state index contributed by atoms with van der Waals surface area (Å²) in [6.07, 6.45) is -2.09. The van der Waals surface area contributed by atoms with Crippen molar-refractivity contribution in [3.05, 3.63) is 36.2 Å². The zero-order valence-corrected chi connectivity index (χ0v) is 12.5. The average Bonchev–Trinajstić information content (AvgIpc) is 2.98. The van der Waals surface area contributed by atoms with Crippen molar-refractivity contribution in [1.29, 1.82) is 0 Å². The molecule has 0 amide bonds. The molecule has 7 heteroatoms. The first kappa shape index (κ1) is 14.3. The van der Waals surface area contributed by atoms with Gasteiger partial charge in [-0.05, 0) is 30.7 Å². The molecule has 0 aromatic carbocycles. The van der Waals surface area contributed by atoms with Gasteiger partial charge in [0.15, 0.2) is 5.82 Å². The van der Waals surface area contributed by atoms with E-state index in [1.165, 1.54) is 12.3 Å². The van der Waals surface area contributed by atoms with E-state index >= 15 is 0 Å². The standard InChI is InChI=1S/C16H15F3N4/c1-22-11-6-7-23(9-11)13-4-3-12(21-15(13)22)10-2-5-14(20-8-10)16(17,18)19/h2-5,8,11H,6-7,9H2,1H3. The van der Waals surface area contributed by atoms with Gasteiger partial charge in [0.1, 0.15) is 5.69 Å². The van der Waals surface area contributed by atoms with Crippen molar-refractivity contribution < 1.29 is 13.2 Å². The molecule has 1 saturated heterocycles. The van der Waals surface area contributed by atoms with E-state index < -0.39 is 11.9 Å². The second kappa shape index (κ2) is 4.84. The molecule has 0 N–H and O–H groups in total. The third-order valence-corrected chi connectivity index (χ3v) is 4.59. The van der Waals surface area contributed by atoms with E-state index in [9.17, 15) is 13.2 Å². The Bertz CT molecular complexity index is 742. The molecule has 0 spiro atoms.